The van der Waals surface area contributed by atoms with Crippen LogP contribution in [-0.2, 0) is 4.79 Å². The lowest BCUT2D eigenvalue weighted by molar-refractivity contribution is -0.113. The zero-order valence-corrected chi connectivity index (χ0v) is 7.69. The van der Waals surface area contributed by atoms with E-state index < -0.39 is 5.78 Å². The van der Waals surface area contributed by atoms with E-state index in [1.54, 1.807) is 30.3 Å². The molecule has 0 aromatic heterocycles. The van der Waals surface area contributed by atoms with Crippen molar-refractivity contribution in [3.8, 4) is 0 Å². The molecule has 0 atom stereocenters. The van der Waals surface area contributed by atoms with Crippen LogP contribution in [0.3, 0.4) is 0 Å². The smallest absolute Gasteiger partial charge is 0.183 e. The van der Waals surface area contributed by atoms with E-state index in [1.807, 2.05) is 0 Å². The van der Waals surface area contributed by atoms with Crippen molar-refractivity contribution in [2.75, 3.05) is 0 Å². The molecule has 4 heteroatoms. The Bertz CT molecular complexity index is 382. The average Bonchev–Trinajstić information content (AvgIpc) is 2.19. The van der Waals surface area contributed by atoms with Gasteiger partial charge in [-0.2, -0.15) is 5.11 Å². The van der Waals surface area contributed by atoms with Crippen molar-refractivity contribution in [2.45, 2.75) is 6.92 Å². The van der Waals surface area contributed by atoms with Crippen molar-refractivity contribution in [2.24, 2.45) is 5.11 Å². The maximum atomic E-state index is 11.0. The van der Waals surface area contributed by atoms with E-state index in [1.165, 1.54) is 6.92 Å². The van der Waals surface area contributed by atoms with Crippen LogP contribution in [0.15, 0.2) is 41.1 Å². The van der Waals surface area contributed by atoms with Gasteiger partial charge in [-0.15, -0.1) is 0 Å². The first-order valence-corrected chi connectivity index (χ1v) is 4.04. The molecule has 0 amide bonds. The molecule has 0 saturated heterocycles. The summed E-state index contributed by atoms with van der Waals surface area (Å²) in [6.07, 6.45) is 0. The summed E-state index contributed by atoms with van der Waals surface area (Å²) in [7, 11) is 0. The summed E-state index contributed by atoms with van der Waals surface area (Å²) in [5, 5.41) is 12.6. The predicted octanol–water partition coefficient (Wildman–Crippen LogP) is 2.53. The minimum Gasteiger partial charge on any atom is -0.505 e. The number of carbonyl (C=O) groups is 1. The molecule has 0 aliphatic carbocycles. The Kier molecular flexibility index (Phi) is 3.12. The Labute approximate surface area is 81.4 Å². The number of Topliss-reactive ketones (excluding diaryl/α,β-unsaturated/α-hetero) is 1. The number of ketones is 1. The van der Waals surface area contributed by atoms with Crippen molar-refractivity contribution in [1.29, 1.82) is 5.53 Å². The summed E-state index contributed by atoms with van der Waals surface area (Å²) >= 11 is 0. The molecule has 0 saturated carbocycles. The maximum Gasteiger partial charge on any atom is 0.183 e. The number of benzene rings is 1. The standard InChI is InChI=1S/C10H10N2O2/c1-7(13)9(12-11)10(14)8-5-3-2-4-6-8/h2-6,11,14H,1H3/b10-9+,12-11?. The van der Waals surface area contributed by atoms with E-state index >= 15 is 0 Å². The summed E-state index contributed by atoms with van der Waals surface area (Å²) < 4.78 is 0. The van der Waals surface area contributed by atoms with Gasteiger partial charge in [-0.25, -0.2) is 5.53 Å². The highest BCUT2D eigenvalue weighted by molar-refractivity contribution is 5.99. The molecule has 0 radical (unpaired) electrons. The fraction of sp³-hybridized carbons (Fsp3) is 0.100. The van der Waals surface area contributed by atoms with E-state index in [0.717, 1.165) is 0 Å². The third-order valence-electron chi connectivity index (χ3n) is 1.72. The molecule has 72 valence electrons. The summed E-state index contributed by atoms with van der Waals surface area (Å²) in [5.41, 5.74) is 7.01. The van der Waals surface area contributed by atoms with Gasteiger partial charge >= 0.3 is 0 Å². The molecular weight excluding hydrogens is 180 g/mol. The number of aliphatic hydroxyl groups excluding tert-OH is 1. The Morgan fingerprint density at radius 2 is 1.93 bits per heavy atom. The lowest BCUT2D eigenvalue weighted by Gasteiger charge is -2.01. The molecule has 4 nitrogen and oxygen atoms in total. The summed E-state index contributed by atoms with van der Waals surface area (Å²) in [4.78, 5) is 11.0. The van der Waals surface area contributed by atoms with Crippen LogP contribution in [0.4, 0.5) is 0 Å². The number of carbonyl (C=O) groups excluding carboxylic acids is 1. The minimum absolute atomic E-state index is 0.226. The van der Waals surface area contributed by atoms with E-state index in [4.69, 9.17) is 5.53 Å². The van der Waals surface area contributed by atoms with Crippen molar-refractivity contribution in [3.63, 3.8) is 0 Å². The average molecular weight is 190 g/mol. The summed E-state index contributed by atoms with van der Waals surface area (Å²) in [5.74, 6) is -0.686. The van der Waals surface area contributed by atoms with Gasteiger partial charge in [-0.05, 0) is 0 Å². The SMILES string of the molecule is CC(=O)/C(N=N)=C(\O)c1ccccc1. The Hall–Kier alpha value is -1.97. The zero-order valence-electron chi connectivity index (χ0n) is 7.69. The fourth-order valence-corrected chi connectivity index (χ4v) is 1.03. The second-order valence-corrected chi connectivity index (χ2v) is 2.73. The van der Waals surface area contributed by atoms with Gasteiger partial charge in [0.1, 0.15) is 0 Å². The molecule has 0 aliphatic heterocycles. The second-order valence-electron chi connectivity index (χ2n) is 2.73. The van der Waals surface area contributed by atoms with E-state index in [9.17, 15) is 9.90 Å². The topological polar surface area (TPSA) is 73.5 Å². The first kappa shape index (κ1) is 10.1. The third-order valence-corrected chi connectivity index (χ3v) is 1.72. The minimum atomic E-state index is -0.429. The van der Waals surface area contributed by atoms with Gasteiger partial charge in [-0.1, -0.05) is 30.3 Å². The quantitative estimate of drug-likeness (QED) is 0.436. The first-order valence-electron chi connectivity index (χ1n) is 4.04. The molecule has 1 aromatic carbocycles. The van der Waals surface area contributed by atoms with Crippen molar-refractivity contribution < 1.29 is 9.90 Å². The second kappa shape index (κ2) is 4.32. The Balaban J connectivity index is 3.21. The van der Waals surface area contributed by atoms with Crippen LogP contribution >= 0.6 is 0 Å². The monoisotopic (exact) mass is 190 g/mol. The number of hydrogen-bond donors (Lipinski definition) is 2. The van der Waals surface area contributed by atoms with E-state index in [0.29, 0.717) is 5.56 Å². The molecule has 1 aromatic rings. The van der Waals surface area contributed by atoms with Gasteiger partial charge < -0.3 is 5.11 Å². The molecule has 1 rings (SSSR count). The highest BCUT2D eigenvalue weighted by Gasteiger charge is 2.11. The molecule has 0 aliphatic rings. The van der Waals surface area contributed by atoms with Crippen LogP contribution in [0.2, 0.25) is 0 Å². The number of allylic oxidation sites excluding steroid dienone is 1. The Morgan fingerprint density at radius 3 is 2.36 bits per heavy atom. The van der Waals surface area contributed by atoms with E-state index in [-0.39, 0.29) is 11.5 Å². The van der Waals surface area contributed by atoms with Crippen LogP contribution in [0, 0.1) is 5.53 Å². The first-order chi connectivity index (χ1) is 6.66. The molecular formula is C10H10N2O2. The van der Waals surface area contributed by atoms with Gasteiger partial charge in [-0.3, -0.25) is 4.79 Å². The molecule has 2 N–H and O–H groups in total. The number of hydrogen-bond acceptors (Lipinski definition) is 4. The van der Waals surface area contributed by atoms with Gasteiger partial charge in [0, 0.05) is 12.5 Å². The number of nitrogens with one attached hydrogen (secondary N) is 1. The Morgan fingerprint density at radius 1 is 1.36 bits per heavy atom. The third kappa shape index (κ3) is 2.04. The zero-order chi connectivity index (χ0) is 10.6. The number of nitrogens with zero attached hydrogens (tertiary/aromatic N) is 1. The van der Waals surface area contributed by atoms with Crippen LogP contribution < -0.4 is 0 Å². The highest BCUT2D eigenvalue weighted by Crippen LogP contribution is 2.16. The molecule has 0 fully saturated rings. The molecule has 0 bridgehead atoms. The summed E-state index contributed by atoms with van der Waals surface area (Å²) in [6, 6.07) is 8.54. The van der Waals surface area contributed by atoms with Crippen molar-refractivity contribution >= 4 is 11.5 Å². The van der Waals surface area contributed by atoms with Gasteiger partial charge in [0.25, 0.3) is 0 Å². The number of rotatable bonds is 3. The predicted molar refractivity (Wildman–Crippen MR) is 51.8 cm³/mol. The van der Waals surface area contributed by atoms with Crippen LogP contribution in [0.25, 0.3) is 5.76 Å². The molecule has 14 heavy (non-hydrogen) atoms. The van der Waals surface area contributed by atoms with Crippen LogP contribution in [0.5, 0.6) is 0 Å². The molecule has 0 unspecified atom stereocenters. The fourth-order valence-electron chi connectivity index (χ4n) is 1.03. The lowest BCUT2D eigenvalue weighted by atomic mass is 10.1. The number of aliphatic hydroxyl groups is 1. The van der Waals surface area contributed by atoms with E-state index in [2.05, 4.69) is 5.11 Å². The van der Waals surface area contributed by atoms with Gasteiger partial charge in [0.15, 0.2) is 17.2 Å². The van der Waals surface area contributed by atoms with Crippen molar-refractivity contribution in [3.05, 3.63) is 41.6 Å². The molecule has 0 spiro atoms. The summed E-state index contributed by atoms with van der Waals surface area (Å²) in [6.45, 7) is 1.26. The largest absolute Gasteiger partial charge is 0.505 e. The van der Waals surface area contributed by atoms with Gasteiger partial charge in [0.2, 0.25) is 0 Å². The highest BCUT2D eigenvalue weighted by atomic mass is 16.3. The van der Waals surface area contributed by atoms with Crippen LogP contribution in [-0.4, -0.2) is 10.9 Å². The normalized spacial score (nSPS) is 11.8. The van der Waals surface area contributed by atoms with Crippen molar-refractivity contribution in [1.82, 2.24) is 0 Å². The van der Waals surface area contributed by atoms with Crippen LogP contribution in [0.1, 0.15) is 12.5 Å². The lowest BCUT2D eigenvalue weighted by Crippen LogP contribution is -1.98. The molecule has 0 heterocycles. The maximum absolute atomic E-state index is 11.0. The van der Waals surface area contributed by atoms with Gasteiger partial charge in [0.05, 0.1) is 0 Å².